The summed E-state index contributed by atoms with van der Waals surface area (Å²) in [6, 6.07) is 4.41. The van der Waals surface area contributed by atoms with Crippen LogP contribution in [0.3, 0.4) is 0 Å². The van der Waals surface area contributed by atoms with Gasteiger partial charge < -0.3 is 10.5 Å². The van der Waals surface area contributed by atoms with Crippen LogP contribution in [-0.4, -0.2) is 23.0 Å². The lowest BCUT2D eigenvalue weighted by Gasteiger charge is -2.09. The molecule has 1 heterocycles. The van der Waals surface area contributed by atoms with E-state index in [0.29, 0.717) is 16.7 Å². The van der Waals surface area contributed by atoms with Gasteiger partial charge in [-0.2, -0.15) is 0 Å². The van der Waals surface area contributed by atoms with Gasteiger partial charge in [0.2, 0.25) is 0 Å². The molecule has 21 heavy (non-hydrogen) atoms. The Morgan fingerprint density at radius 3 is 2.71 bits per heavy atom. The van der Waals surface area contributed by atoms with Crippen LogP contribution in [0.5, 0.6) is 0 Å². The fourth-order valence-electron chi connectivity index (χ4n) is 1.85. The number of hydrogen-bond acceptors (Lipinski definition) is 5. The molecule has 6 heteroatoms. The topological polar surface area (TPSA) is 78.1 Å². The van der Waals surface area contributed by atoms with Crippen LogP contribution in [0.1, 0.15) is 21.6 Å². The van der Waals surface area contributed by atoms with Crippen molar-refractivity contribution in [3.8, 4) is 11.4 Å². The summed E-state index contributed by atoms with van der Waals surface area (Å²) in [6.45, 7) is 5.21. The van der Waals surface area contributed by atoms with E-state index in [1.54, 1.807) is 13.0 Å². The van der Waals surface area contributed by atoms with Crippen LogP contribution >= 0.6 is 0 Å². The summed E-state index contributed by atoms with van der Waals surface area (Å²) in [7, 11) is 1.25. The molecule has 0 aliphatic heterocycles. The van der Waals surface area contributed by atoms with Gasteiger partial charge in [-0.1, -0.05) is 12.7 Å². The van der Waals surface area contributed by atoms with Gasteiger partial charge in [-0.15, -0.1) is 0 Å². The smallest absolute Gasteiger partial charge is 0.357 e. The maximum absolute atomic E-state index is 13.3. The molecule has 108 valence electrons. The van der Waals surface area contributed by atoms with Crippen molar-refractivity contribution in [3.63, 3.8) is 0 Å². The number of nitrogens with two attached hydrogens (primary N) is 1. The summed E-state index contributed by atoms with van der Waals surface area (Å²) >= 11 is 0. The highest BCUT2D eigenvalue weighted by Gasteiger charge is 2.18. The van der Waals surface area contributed by atoms with Crippen LogP contribution in [-0.2, 0) is 4.74 Å². The highest BCUT2D eigenvalue weighted by Crippen LogP contribution is 2.23. The largest absolute Gasteiger partial charge is 0.464 e. The van der Waals surface area contributed by atoms with E-state index < -0.39 is 5.97 Å². The lowest BCUT2D eigenvalue weighted by molar-refractivity contribution is 0.0594. The Hall–Kier alpha value is -2.76. The summed E-state index contributed by atoms with van der Waals surface area (Å²) in [5.74, 6) is -0.638. The quantitative estimate of drug-likeness (QED) is 0.878. The Kier molecular flexibility index (Phi) is 3.98. The molecule has 0 atom stereocenters. The van der Waals surface area contributed by atoms with Gasteiger partial charge in [0, 0.05) is 11.1 Å². The summed E-state index contributed by atoms with van der Waals surface area (Å²) < 4.78 is 18.0. The molecule has 2 N–H and O–H groups in total. The average Bonchev–Trinajstić information content (AvgIpc) is 2.48. The average molecular weight is 287 g/mol. The fraction of sp³-hybridized carbons (Fsp3) is 0.133. The van der Waals surface area contributed by atoms with E-state index in [1.165, 1.54) is 25.3 Å². The number of carbonyl (C=O) groups excluding carboxylic acids is 1. The van der Waals surface area contributed by atoms with Crippen molar-refractivity contribution in [1.82, 2.24) is 9.97 Å². The Bertz CT molecular complexity index is 729. The highest BCUT2D eigenvalue weighted by atomic mass is 19.1. The van der Waals surface area contributed by atoms with Crippen LogP contribution in [0.15, 0.2) is 24.8 Å². The first-order valence-electron chi connectivity index (χ1n) is 6.12. The lowest BCUT2D eigenvalue weighted by atomic mass is 10.1. The van der Waals surface area contributed by atoms with Gasteiger partial charge in [-0.3, -0.25) is 0 Å². The third kappa shape index (κ3) is 2.74. The Labute approximate surface area is 121 Å². The van der Waals surface area contributed by atoms with E-state index in [9.17, 15) is 9.18 Å². The van der Waals surface area contributed by atoms with Gasteiger partial charge in [-0.25, -0.2) is 19.2 Å². The van der Waals surface area contributed by atoms with Gasteiger partial charge in [0.25, 0.3) is 0 Å². The molecule has 0 aliphatic carbocycles. The van der Waals surface area contributed by atoms with Crippen LogP contribution in [0.25, 0.3) is 17.5 Å². The second-order valence-corrected chi connectivity index (χ2v) is 4.35. The number of aryl methyl sites for hydroxylation is 1. The van der Waals surface area contributed by atoms with Crippen LogP contribution in [0, 0.1) is 12.7 Å². The molecule has 0 saturated heterocycles. The van der Waals surface area contributed by atoms with Crippen LogP contribution in [0.2, 0.25) is 0 Å². The van der Waals surface area contributed by atoms with Crippen molar-refractivity contribution in [1.29, 1.82) is 0 Å². The number of ether oxygens (including phenoxy) is 1. The van der Waals surface area contributed by atoms with Crippen molar-refractivity contribution < 1.29 is 13.9 Å². The molecule has 2 rings (SSSR count). The molecule has 0 amide bonds. The maximum Gasteiger partial charge on any atom is 0.357 e. The maximum atomic E-state index is 13.3. The number of benzene rings is 1. The molecular formula is C15H14FN3O2. The molecular weight excluding hydrogens is 273 g/mol. The number of aromatic nitrogens is 2. The molecule has 1 aromatic carbocycles. The standard InChI is InChI=1S/C15H14FN3O2/c1-4-10-12(15(20)21-3)18-14(19-13(10)17)9-5-6-11(16)8(2)7-9/h4-7H,1H2,2-3H3,(H2,17,18,19). The number of halogens is 1. The molecule has 0 fully saturated rings. The second-order valence-electron chi connectivity index (χ2n) is 4.35. The van der Waals surface area contributed by atoms with Crippen molar-refractivity contribution >= 4 is 17.9 Å². The van der Waals surface area contributed by atoms with Gasteiger partial charge in [-0.05, 0) is 30.7 Å². The van der Waals surface area contributed by atoms with E-state index in [0.717, 1.165) is 0 Å². The first-order valence-corrected chi connectivity index (χ1v) is 6.12. The summed E-state index contributed by atoms with van der Waals surface area (Å²) in [6.07, 6.45) is 1.39. The third-order valence-electron chi connectivity index (χ3n) is 2.97. The van der Waals surface area contributed by atoms with Crippen LogP contribution in [0.4, 0.5) is 10.2 Å². The number of anilines is 1. The molecule has 0 spiro atoms. The number of nitrogen functional groups attached to an aromatic ring is 1. The minimum absolute atomic E-state index is 0.0250. The zero-order valence-corrected chi connectivity index (χ0v) is 11.7. The predicted octanol–water partition coefficient (Wildman–Crippen LogP) is 2.60. The summed E-state index contributed by atoms with van der Waals surface area (Å²) in [4.78, 5) is 20.1. The lowest BCUT2D eigenvalue weighted by Crippen LogP contribution is -2.12. The highest BCUT2D eigenvalue weighted by molar-refractivity contribution is 5.93. The molecule has 0 bridgehead atoms. The minimum atomic E-state index is -0.640. The van der Waals surface area contributed by atoms with Crippen molar-refractivity contribution in [2.45, 2.75) is 6.92 Å². The molecule has 0 saturated carbocycles. The molecule has 5 nitrogen and oxygen atoms in total. The zero-order valence-electron chi connectivity index (χ0n) is 11.7. The monoisotopic (exact) mass is 287 g/mol. The van der Waals surface area contributed by atoms with E-state index in [4.69, 9.17) is 5.73 Å². The number of esters is 1. The van der Waals surface area contributed by atoms with Gasteiger partial charge in [0.15, 0.2) is 11.5 Å². The van der Waals surface area contributed by atoms with Crippen molar-refractivity contribution in [2.75, 3.05) is 12.8 Å². The second kappa shape index (κ2) is 5.70. The SMILES string of the molecule is C=Cc1c(N)nc(-c2ccc(F)c(C)c2)nc1C(=O)OC. The molecule has 2 aromatic rings. The number of hydrogen-bond donors (Lipinski definition) is 1. The van der Waals surface area contributed by atoms with Gasteiger partial charge >= 0.3 is 5.97 Å². The summed E-state index contributed by atoms with van der Waals surface area (Å²) in [5.41, 5.74) is 7.16. The number of rotatable bonds is 3. The normalized spacial score (nSPS) is 10.2. The zero-order chi connectivity index (χ0) is 15.6. The first-order chi connectivity index (χ1) is 9.97. The Morgan fingerprint density at radius 1 is 1.43 bits per heavy atom. The Morgan fingerprint density at radius 2 is 2.14 bits per heavy atom. The molecule has 1 aromatic heterocycles. The molecule has 0 unspecified atom stereocenters. The Balaban J connectivity index is 2.65. The summed E-state index contributed by atoms with van der Waals surface area (Å²) in [5, 5.41) is 0. The van der Waals surface area contributed by atoms with Gasteiger partial charge in [0.1, 0.15) is 11.6 Å². The minimum Gasteiger partial charge on any atom is -0.464 e. The van der Waals surface area contributed by atoms with E-state index in [2.05, 4.69) is 21.3 Å². The predicted molar refractivity (Wildman–Crippen MR) is 78.0 cm³/mol. The van der Waals surface area contributed by atoms with Gasteiger partial charge in [0.05, 0.1) is 7.11 Å². The van der Waals surface area contributed by atoms with E-state index in [-0.39, 0.29) is 23.2 Å². The van der Waals surface area contributed by atoms with Crippen molar-refractivity contribution in [2.24, 2.45) is 0 Å². The molecule has 0 aliphatic rings. The number of methoxy groups -OCH3 is 1. The number of nitrogens with zero attached hydrogens (tertiary/aromatic N) is 2. The van der Waals surface area contributed by atoms with Crippen LogP contribution < -0.4 is 5.73 Å². The first kappa shape index (κ1) is 14.6. The fourth-order valence-corrected chi connectivity index (χ4v) is 1.85. The number of carbonyl (C=O) groups is 1. The third-order valence-corrected chi connectivity index (χ3v) is 2.97. The van der Waals surface area contributed by atoms with Crippen molar-refractivity contribution in [3.05, 3.63) is 47.4 Å². The van der Waals surface area contributed by atoms with E-state index in [1.807, 2.05) is 0 Å². The van der Waals surface area contributed by atoms with E-state index >= 15 is 0 Å². The molecule has 0 radical (unpaired) electrons.